The van der Waals surface area contributed by atoms with Crippen LogP contribution in [0.25, 0.3) is 22.2 Å². The van der Waals surface area contributed by atoms with E-state index in [1.165, 1.54) is 17.4 Å². The van der Waals surface area contributed by atoms with Crippen molar-refractivity contribution < 1.29 is 9.90 Å². The van der Waals surface area contributed by atoms with Crippen LogP contribution in [0, 0.1) is 6.92 Å². The van der Waals surface area contributed by atoms with Gasteiger partial charge < -0.3 is 5.11 Å². The molecule has 3 rings (SSSR count). The Morgan fingerprint density at radius 1 is 1.18 bits per heavy atom. The van der Waals surface area contributed by atoms with Gasteiger partial charge in [-0.05, 0) is 36.8 Å². The number of aryl methyl sites for hydroxylation is 1. The molecule has 0 aliphatic heterocycles. The minimum absolute atomic E-state index is 0.129. The monoisotopic (exact) mass is 371 g/mol. The third-order valence-electron chi connectivity index (χ3n) is 3.23. The quantitative estimate of drug-likeness (QED) is 0.606. The molecule has 0 radical (unpaired) electrons. The third-order valence-corrected chi connectivity index (χ3v) is 4.94. The predicted octanol–water partition coefficient (Wildman–Crippen LogP) is 5.93. The zero-order chi connectivity index (χ0) is 16.0. The van der Waals surface area contributed by atoms with E-state index in [1.54, 1.807) is 18.2 Å². The molecule has 0 spiro atoms. The Morgan fingerprint density at radius 3 is 2.50 bits per heavy atom. The summed E-state index contributed by atoms with van der Waals surface area (Å²) in [6.07, 6.45) is 0. The Balaban J connectivity index is 2.39. The Kier molecular flexibility index (Phi) is 4.03. The first-order valence-corrected chi connectivity index (χ1v) is 8.11. The van der Waals surface area contributed by atoms with Gasteiger partial charge in [0.2, 0.25) is 0 Å². The van der Waals surface area contributed by atoms with Gasteiger partial charge in [0.15, 0.2) is 0 Å². The van der Waals surface area contributed by atoms with Crippen molar-refractivity contribution in [3.8, 4) is 11.3 Å². The molecule has 0 saturated heterocycles. The number of hydrogen-bond acceptors (Lipinski definition) is 3. The average Bonchev–Trinajstić information content (AvgIpc) is 2.76. The summed E-state index contributed by atoms with van der Waals surface area (Å²) in [4.78, 5) is 16.1. The molecule has 0 amide bonds. The van der Waals surface area contributed by atoms with E-state index in [1.807, 2.05) is 6.92 Å². The van der Waals surface area contributed by atoms with E-state index in [0.717, 1.165) is 5.56 Å². The number of nitrogens with zero attached hydrogens (tertiary/aromatic N) is 1. The third kappa shape index (κ3) is 2.68. The van der Waals surface area contributed by atoms with Gasteiger partial charge in [0.25, 0.3) is 0 Å². The Labute approximate surface area is 145 Å². The second kappa shape index (κ2) is 5.70. The van der Waals surface area contributed by atoms with Crippen molar-refractivity contribution in [2.75, 3.05) is 0 Å². The minimum atomic E-state index is -1.05. The number of rotatable bonds is 2. The fourth-order valence-corrected chi connectivity index (χ4v) is 4.04. The van der Waals surface area contributed by atoms with E-state index in [0.29, 0.717) is 35.9 Å². The zero-order valence-corrected chi connectivity index (χ0v) is 14.2. The van der Waals surface area contributed by atoms with Gasteiger partial charge in [-0.25, -0.2) is 9.78 Å². The molecule has 22 heavy (non-hydrogen) atoms. The molecule has 0 aliphatic carbocycles. The van der Waals surface area contributed by atoms with Crippen molar-refractivity contribution in [3.63, 3.8) is 0 Å². The van der Waals surface area contributed by atoms with E-state index in [4.69, 9.17) is 34.8 Å². The van der Waals surface area contributed by atoms with Crippen LogP contribution in [0.4, 0.5) is 0 Å². The maximum atomic E-state index is 11.6. The number of hydrogen-bond donors (Lipinski definition) is 1. The van der Waals surface area contributed by atoms with Gasteiger partial charge in [-0.2, -0.15) is 0 Å². The van der Waals surface area contributed by atoms with Gasteiger partial charge in [0, 0.05) is 16.0 Å². The first-order chi connectivity index (χ1) is 10.4. The standard InChI is InChI=1S/C15H8Cl3NO2S/c1-6-2-7(16)3-8-9(15(20)21)4-11(19-13(6)8)10-5-12(17)22-14(10)18/h2-5H,1H3,(H,20,21). The lowest BCUT2D eigenvalue weighted by atomic mass is 10.0. The van der Waals surface area contributed by atoms with E-state index in [2.05, 4.69) is 4.98 Å². The molecule has 0 aliphatic rings. The summed E-state index contributed by atoms with van der Waals surface area (Å²) in [5, 5.41) is 10.5. The summed E-state index contributed by atoms with van der Waals surface area (Å²) in [5.74, 6) is -1.05. The second-order valence-corrected chi connectivity index (χ2v) is 7.44. The normalized spacial score (nSPS) is 11.1. The summed E-state index contributed by atoms with van der Waals surface area (Å²) >= 11 is 19.4. The van der Waals surface area contributed by atoms with E-state index < -0.39 is 5.97 Å². The van der Waals surface area contributed by atoms with E-state index >= 15 is 0 Å². The number of pyridine rings is 1. The molecule has 0 unspecified atom stereocenters. The van der Waals surface area contributed by atoms with E-state index in [9.17, 15) is 9.90 Å². The molecule has 0 bridgehead atoms. The van der Waals surface area contributed by atoms with Crippen molar-refractivity contribution in [1.29, 1.82) is 0 Å². The molecular weight excluding hydrogens is 365 g/mol. The number of carboxylic acid groups (broad SMARTS) is 1. The highest BCUT2D eigenvalue weighted by molar-refractivity contribution is 7.20. The number of carbonyl (C=O) groups is 1. The summed E-state index contributed by atoms with van der Waals surface area (Å²) in [6.45, 7) is 1.83. The first-order valence-electron chi connectivity index (χ1n) is 6.16. The smallest absolute Gasteiger partial charge is 0.336 e. The highest BCUT2D eigenvalue weighted by atomic mass is 35.5. The molecular formula is C15H8Cl3NO2S. The molecule has 0 fully saturated rings. The minimum Gasteiger partial charge on any atom is -0.478 e. The second-order valence-electron chi connectivity index (χ2n) is 4.72. The Bertz CT molecular complexity index is 921. The van der Waals surface area contributed by atoms with Crippen LogP contribution in [0.15, 0.2) is 24.3 Å². The number of carboxylic acids is 1. The van der Waals surface area contributed by atoms with Crippen LogP contribution < -0.4 is 0 Å². The van der Waals surface area contributed by atoms with Gasteiger partial charge in [-0.3, -0.25) is 0 Å². The van der Waals surface area contributed by atoms with Crippen LogP contribution in [0.3, 0.4) is 0 Å². The van der Waals surface area contributed by atoms with Crippen LogP contribution in [0.2, 0.25) is 13.7 Å². The number of fused-ring (bicyclic) bond motifs is 1. The lowest BCUT2D eigenvalue weighted by molar-refractivity contribution is 0.0699. The topological polar surface area (TPSA) is 50.2 Å². The molecule has 2 heterocycles. The van der Waals surface area contributed by atoms with Crippen LogP contribution in [-0.2, 0) is 0 Å². The van der Waals surface area contributed by atoms with E-state index in [-0.39, 0.29) is 5.56 Å². The molecule has 7 heteroatoms. The molecule has 1 aromatic carbocycles. The van der Waals surface area contributed by atoms with Gasteiger partial charge in [0.05, 0.1) is 21.1 Å². The maximum Gasteiger partial charge on any atom is 0.336 e. The molecule has 3 aromatic rings. The summed E-state index contributed by atoms with van der Waals surface area (Å²) in [6, 6.07) is 6.52. The van der Waals surface area contributed by atoms with Crippen LogP contribution in [0.1, 0.15) is 15.9 Å². The predicted molar refractivity (Wildman–Crippen MR) is 91.8 cm³/mol. The lowest BCUT2D eigenvalue weighted by Gasteiger charge is -2.09. The molecule has 112 valence electrons. The van der Waals surface area contributed by atoms with Crippen molar-refractivity contribution >= 4 is 63.0 Å². The fourth-order valence-electron chi connectivity index (χ4n) is 2.29. The van der Waals surface area contributed by atoms with Gasteiger partial charge in [0.1, 0.15) is 4.34 Å². The highest BCUT2D eigenvalue weighted by Gasteiger charge is 2.17. The zero-order valence-electron chi connectivity index (χ0n) is 11.2. The van der Waals surface area contributed by atoms with Crippen LogP contribution in [-0.4, -0.2) is 16.1 Å². The summed E-state index contributed by atoms with van der Waals surface area (Å²) in [5.41, 5.74) is 2.60. The average molecular weight is 373 g/mol. The first kappa shape index (κ1) is 15.6. The lowest BCUT2D eigenvalue weighted by Crippen LogP contribution is -2.01. The fraction of sp³-hybridized carbons (Fsp3) is 0.0667. The van der Waals surface area contributed by atoms with Crippen molar-refractivity contribution in [1.82, 2.24) is 4.98 Å². The van der Waals surface area contributed by atoms with Crippen LogP contribution >= 0.6 is 46.1 Å². The highest BCUT2D eigenvalue weighted by Crippen LogP contribution is 2.39. The Hall–Kier alpha value is -1.33. The molecule has 1 N–H and O–H groups in total. The van der Waals surface area contributed by atoms with Crippen LogP contribution in [0.5, 0.6) is 0 Å². The van der Waals surface area contributed by atoms with Crippen molar-refractivity contribution in [2.24, 2.45) is 0 Å². The summed E-state index contributed by atoms with van der Waals surface area (Å²) in [7, 11) is 0. The number of aromatic carboxylic acids is 1. The summed E-state index contributed by atoms with van der Waals surface area (Å²) < 4.78 is 0.992. The Morgan fingerprint density at radius 2 is 1.91 bits per heavy atom. The molecule has 0 saturated carbocycles. The molecule has 0 atom stereocenters. The number of thiophene rings is 1. The van der Waals surface area contributed by atoms with Crippen molar-refractivity contribution in [3.05, 3.63) is 49.1 Å². The largest absolute Gasteiger partial charge is 0.478 e. The molecule has 3 nitrogen and oxygen atoms in total. The SMILES string of the molecule is Cc1cc(Cl)cc2c(C(=O)O)cc(-c3cc(Cl)sc3Cl)nc12. The van der Waals surface area contributed by atoms with Crippen molar-refractivity contribution in [2.45, 2.75) is 6.92 Å². The maximum absolute atomic E-state index is 11.6. The van der Waals surface area contributed by atoms with Gasteiger partial charge >= 0.3 is 5.97 Å². The van der Waals surface area contributed by atoms with Gasteiger partial charge in [-0.15, -0.1) is 11.3 Å². The van der Waals surface area contributed by atoms with Gasteiger partial charge in [-0.1, -0.05) is 34.8 Å². The molecule has 2 aromatic heterocycles. The number of halogens is 3. The number of aromatic nitrogens is 1. The number of benzene rings is 1.